The van der Waals surface area contributed by atoms with Gasteiger partial charge in [-0.2, -0.15) is 11.8 Å². The summed E-state index contributed by atoms with van der Waals surface area (Å²) in [4.78, 5) is 0. The van der Waals surface area contributed by atoms with Gasteiger partial charge in [0.15, 0.2) is 0 Å². The molecule has 1 aliphatic rings. The second-order valence-corrected chi connectivity index (χ2v) is 6.70. The van der Waals surface area contributed by atoms with Crippen molar-refractivity contribution >= 4 is 44.2 Å². The maximum atomic E-state index is 3.71. The first-order chi connectivity index (χ1) is 8.84. The molecule has 0 spiro atoms. The van der Waals surface area contributed by atoms with E-state index in [1.54, 1.807) is 0 Å². The van der Waals surface area contributed by atoms with E-state index in [0.29, 0.717) is 6.04 Å². The second kappa shape index (κ2) is 5.54. The standard InChI is InChI=1S/C15H16BrNS/c16-14-7-8-15(13-6-2-1-5-12(13)14)17-11-4-3-9-18-10-11/h1-2,5-8,11,17H,3-4,9-10H2. The summed E-state index contributed by atoms with van der Waals surface area (Å²) in [6, 6.07) is 13.5. The van der Waals surface area contributed by atoms with E-state index in [-0.39, 0.29) is 0 Å². The highest BCUT2D eigenvalue weighted by Gasteiger charge is 2.14. The Balaban J connectivity index is 1.94. The summed E-state index contributed by atoms with van der Waals surface area (Å²) in [5.74, 6) is 2.55. The van der Waals surface area contributed by atoms with Gasteiger partial charge in [-0.05, 0) is 36.1 Å². The fourth-order valence-corrected chi connectivity index (χ4v) is 4.01. The fraction of sp³-hybridized carbons (Fsp3) is 0.333. The minimum absolute atomic E-state index is 0.619. The van der Waals surface area contributed by atoms with Crippen LogP contribution in [0.1, 0.15) is 12.8 Å². The lowest BCUT2D eigenvalue weighted by Crippen LogP contribution is -2.25. The van der Waals surface area contributed by atoms with Crippen molar-refractivity contribution in [1.29, 1.82) is 0 Å². The number of halogens is 1. The third-order valence-electron chi connectivity index (χ3n) is 3.39. The molecule has 0 saturated carbocycles. The van der Waals surface area contributed by atoms with E-state index in [0.717, 1.165) is 0 Å². The van der Waals surface area contributed by atoms with Crippen LogP contribution in [-0.4, -0.2) is 17.5 Å². The van der Waals surface area contributed by atoms with Gasteiger partial charge < -0.3 is 5.32 Å². The molecule has 1 nitrogen and oxygen atoms in total. The maximum Gasteiger partial charge on any atom is 0.0423 e. The third-order valence-corrected chi connectivity index (χ3v) is 5.30. The Morgan fingerprint density at radius 3 is 2.72 bits per heavy atom. The van der Waals surface area contributed by atoms with Gasteiger partial charge in [-0.15, -0.1) is 0 Å². The van der Waals surface area contributed by atoms with Gasteiger partial charge >= 0.3 is 0 Å². The number of fused-ring (bicyclic) bond motifs is 1. The first-order valence-electron chi connectivity index (χ1n) is 6.36. The van der Waals surface area contributed by atoms with E-state index >= 15 is 0 Å². The molecular formula is C15H16BrNS. The predicted molar refractivity (Wildman–Crippen MR) is 85.6 cm³/mol. The highest BCUT2D eigenvalue weighted by atomic mass is 79.9. The highest BCUT2D eigenvalue weighted by Crippen LogP contribution is 2.31. The largest absolute Gasteiger partial charge is 0.381 e. The Bertz CT molecular complexity index is 549. The van der Waals surface area contributed by atoms with Gasteiger partial charge in [0.25, 0.3) is 0 Å². The molecule has 1 N–H and O–H groups in total. The topological polar surface area (TPSA) is 12.0 Å². The number of rotatable bonds is 2. The first-order valence-corrected chi connectivity index (χ1v) is 8.31. The van der Waals surface area contributed by atoms with Crippen molar-refractivity contribution < 1.29 is 0 Å². The summed E-state index contributed by atoms with van der Waals surface area (Å²) in [5, 5.41) is 6.30. The maximum absolute atomic E-state index is 3.71. The summed E-state index contributed by atoms with van der Waals surface area (Å²) in [6.07, 6.45) is 2.62. The van der Waals surface area contributed by atoms with Crippen LogP contribution in [0.25, 0.3) is 10.8 Å². The van der Waals surface area contributed by atoms with E-state index in [1.807, 2.05) is 0 Å². The van der Waals surface area contributed by atoms with Crippen LogP contribution in [0.15, 0.2) is 40.9 Å². The van der Waals surface area contributed by atoms with Gasteiger partial charge in [-0.1, -0.05) is 40.2 Å². The number of hydrogen-bond acceptors (Lipinski definition) is 2. The minimum Gasteiger partial charge on any atom is -0.381 e. The number of thioether (sulfide) groups is 1. The van der Waals surface area contributed by atoms with Crippen molar-refractivity contribution in [1.82, 2.24) is 0 Å². The van der Waals surface area contributed by atoms with Crippen LogP contribution in [-0.2, 0) is 0 Å². The summed E-state index contributed by atoms with van der Waals surface area (Å²) in [7, 11) is 0. The number of hydrogen-bond donors (Lipinski definition) is 1. The van der Waals surface area contributed by atoms with Crippen molar-refractivity contribution in [3.8, 4) is 0 Å². The summed E-state index contributed by atoms with van der Waals surface area (Å²) >= 11 is 5.68. The monoisotopic (exact) mass is 321 g/mol. The lowest BCUT2D eigenvalue weighted by Gasteiger charge is -2.24. The number of benzene rings is 2. The van der Waals surface area contributed by atoms with Crippen molar-refractivity contribution in [2.45, 2.75) is 18.9 Å². The molecule has 18 heavy (non-hydrogen) atoms. The van der Waals surface area contributed by atoms with Crippen molar-refractivity contribution in [3.63, 3.8) is 0 Å². The molecule has 1 fully saturated rings. The number of anilines is 1. The Kier molecular flexibility index (Phi) is 3.80. The molecule has 1 unspecified atom stereocenters. The third kappa shape index (κ3) is 2.52. The zero-order valence-electron chi connectivity index (χ0n) is 10.2. The molecule has 1 atom stereocenters. The smallest absolute Gasteiger partial charge is 0.0423 e. The molecule has 3 rings (SSSR count). The van der Waals surface area contributed by atoms with Crippen LogP contribution < -0.4 is 5.32 Å². The normalized spacial score (nSPS) is 19.9. The average molecular weight is 322 g/mol. The van der Waals surface area contributed by atoms with Crippen LogP contribution in [0.5, 0.6) is 0 Å². The Morgan fingerprint density at radius 1 is 1.11 bits per heavy atom. The molecular weight excluding hydrogens is 306 g/mol. The van der Waals surface area contributed by atoms with E-state index < -0.39 is 0 Å². The van der Waals surface area contributed by atoms with Crippen LogP contribution >= 0.6 is 27.7 Å². The molecule has 2 aromatic carbocycles. The van der Waals surface area contributed by atoms with Crippen molar-refractivity contribution in [3.05, 3.63) is 40.9 Å². The van der Waals surface area contributed by atoms with Gasteiger partial charge in [-0.3, -0.25) is 0 Å². The minimum atomic E-state index is 0.619. The van der Waals surface area contributed by atoms with Gasteiger partial charge in [0.05, 0.1) is 0 Å². The molecule has 2 aromatic rings. The molecule has 1 saturated heterocycles. The van der Waals surface area contributed by atoms with Crippen molar-refractivity contribution in [2.75, 3.05) is 16.8 Å². The fourth-order valence-electron chi connectivity index (χ4n) is 2.46. The molecule has 3 heteroatoms. The Morgan fingerprint density at radius 2 is 1.94 bits per heavy atom. The lowest BCUT2D eigenvalue weighted by atomic mass is 10.1. The zero-order chi connectivity index (χ0) is 12.4. The zero-order valence-corrected chi connectivity index (χ0v) is 12.6. The number of nitrogens with one attached hydrogen (secondary N) is 1. The lowest BCUT2D eigenvalue weighted by molar-refractivity contribution is 0.686. The SMILES string of the molecule is Brc1ccc(NC2CCCSC2)c2ccccc12. The van der Waals surface area contributed by atoms with Crippen LogP contribution in [0.4, 0.5) is 5.69 Å². The summed E-state index contributed by atoms with van der Waals surface area (Å²) < 4.78 is 1.17. The van der Waals surface area contributed by atoms with Gasteiger partial charge in [0.1, 0.15) is 0 Å². The van der Waals surface area contributed by atoms with Gasteiger partial charge in [0.2, 0.25) is 0 Å². The Hall–Kier alpha value is -0.670. The van der Waals surface area contributed by atoms with E-state index in [2.05, 4.69) is 69.4 Å². The van der Waals surface area contributed by atoms with Crippen LogP contribution in [0.2, 0.25) is 0 Å². The van der Waals surface area contributed by atoms with E-state index in [9.17, 15) is 0 Å². The molecule has 0 radical (unpaired) electrons. The molecule has 94 valence electrons. The van der Waals surface area contributed by atoms with Gasteiger partial charge in [0, 0.05) is 27.3 Å². The molecule has 0 amide bonds. The second-order valence-electron chi connectivity index (χ2n) is 4.70. The van der Waals surface area contributed by atoms with E-state index in [4.69, 9.17) is 0 Å². The van der Waals surface area contributed by atoms with Crippen molar-refractivity contribution in [2.24, 2.45) is 0 Å². The highest BCUT2D eigenvalue weighted by molar-refractivity contribution is 9.10. The molecule has 0 aliphatic carbocycles. The van der Waals surface area contributed by atoms with Gasteiger partial charge in [-0.25, -0.2) is 0 Å². The summed E-state index contributed by atoms with van der Waals surface area (Å²) in [5.41, 5.74) is 1.27. The average Bonchev–Trinajstić information content (AvgIpc) is 2.44. The first kappa shape index (κ1) is 12.4. The Labute approximate surface area is 120 Å². The molecule has 0 bridgehead atoms. The summed E-state index contributed by atoms with van der Waals surface area (Å²) in [6.45, 7) is 0. The van der Waals surface area contributed by atoms with Crippen LogP contribution in [0.3, 0.4) is 0 Å². The van der Waals surface area contributed by atoms with Crippen LogP contribution in [0, 0.1) is 0 Å². The molecule has 1 aliphatic heterocycles. The molecule has 1 heterocycles. The predicted octanol–water partition coefficient (Wildman–Crippen LogP) is 4.91. The quantitative estimate of drug-likeness (QED) is 0.843. The molecule has 0 aromatic heterocycles. The van der Waals surface area contributed by atoms with E-state index in [1.165, 1.54) is 45.3 Å².